The molecule has 2 rings (SSSR count). The summed E-state index contributed by atoms with van der Waals surface area (Å²) in [5.41, 5.74) is 0.408. The number of rotatable bonds is 4. The van der Waals surface area contributed by atoms with Crippen LogP contribution in [0.3, 0.4) is 0 Å². The third-order valence-corrected chi connectivity index (χ3v) is 3.37. The number of carbonyl (C=O) groups excluding carboxylic acids is 1. The van der Waals surface area contributed by atoms with Crippen LogP contribution in [0.15, 0.2) is 10.6 Å². The predicted molar refractivity (Wildman–Crippen MR) is 68.5 cm³/mol. The molecule has 0 aliphatic carbocycles. The smallest absolute Gasteiger partial charge is 0.276 e. The van der Waals surface area contributed by atoms with E-state index in [4.69, 9.17) is 4.52 Å². The van der Waals surface area contributed by atoms with Gasteiger partial charge in [0.15, 0.2) is 5.69 Å². The van der Waals surface area contributed by atoms with Crippen molar-refractivity contribution in [1.82, 2.24) is 15.4 Å². The van der Waals surface area contributed by atoms with Crippen LogP contribution >= 0.6 is 0 Å². The van der Waals surface area contributed by atoms with E-state index in [9.17, 15) is 4.79 Å². The standard InChI is InChI=1S/C13H21N3O2/c1-3-16(9-11-6-4-5-7-14-11)13(17)12-8-10(2)18-15-12/h8,11,14H,3-7,9H2,1-2H3. The maximum absolute atomic E-state index is 12.2. The fraction of sp³-hybridized carbons (Fsp3) is 0.692. The van der Waals surface area contributed by atoms with E-state index >= 15 is 0 Å². The number of aryl methyl sites for hydroxylation is 1. The van der Waals surface area contributed by atoms with Gasteiger partial charge in [-0.25, -0.2) is 0 Å². The van der Waals surface area contributed by atoms with E-state index in [0.29, 0.717) is 24.0 Å². The topological polar surface area (TPSA) is 58.4 Å². The normalized spacial score (nSPS) is 19.8. The highest BCUT2D eigenvalue weighted by Gasteiger charge is 2.22. The molecule has 100 valence electrons. The first-order valence-corrected chi connectivity index (χ1v) is 6.66. The van der Waals surface area contributed by atoms with Gasteiger partial charge in [0.05, 0.1) is 0 Å². The van der Waals surface area contributed by atoms with Crippen molar-refractivity contribution in [3.63, 3.8) is 0 Å². The zero-order valence-electron chi connectivity index (χ0n) is 11.1. The molecule has 5 nitrogen and oxygen atoms in total. The van der Waals surface area contributed by atoms with Gasteiger partial charge in [0.2, 0.25) is 0 Å². The first-order chi connectivity index (χ1) is 8.70. The maximum atomic E-state index is 12.2. The quantitative estimate of drug-likeness (QED) is 0.882. The molecule has 5 heteroatoms. The predicted octanol–water partition coefficient (Wildman–Crippen LogP) is 1.59. The zero-order valence-corrected chi connectivity index (χ0v) is 11.1. The van der Waals surface area contributed by atoms with E-state index in [2.05, 4.69) is 10.5 Å². The van der Waals surface area contributed by atoms with E-state index in [1.165, 1.54) is 12.8 Å². The summed E-state index contributed by atoms with van der Waals surface area (Å²) in [6.45, 7) is 6.29. The molecular formula is C13H21N3O2. The summed E-state index contributed by atoms with van der Waals surface area (Å²) in [5.74, 6) is 0.631. The largest absolute Gasteiger partial charge is 0.361 e. The van der Waals surface area contributed by atoms with Gasteiger partial charge in [-0.2, -0.15) is 0 Å². The Morgan fingerprint density at radius 2 is 2.44 bits per heavy atom. The van der Waals surface area contributed by atoms with Gasteiger partial charge in [-0.05, 0) is 33.2 Å². The number of likely N-dealkylation sites (N-methyl/N-ethyl adjacent to an activating group) is 1. The second-order valence-electron chi connectivity index (χ2n) is 4.81. The van der Waals surface area contributed by atoms with E-state index in [0.717, 1.165) is 19.5 Å². The van der Waals surface area contributed by atoms with Crippen molar-refractivity contribution in [2.24, 2.45) is 0 Å². The SMILES string of the molecule is CCN(CC1CCCCN1)C(=O)c1cc(C)on1. The number of carbonyl (C=O) groups is 1. The van der Waals surface area contributed by atoms with Crippen molar-refractivity contribution >= 4 is 5.91 Å². The summed E-state index contributed by atoms with van der Waals surface area (Å²) in [6, 6.07) is 2.11. The number of hydrogen-bond acceptors (Lipinski definition) is 4. The van der Waals surface area contributed by atoms with Gasteiger partial charge in [-0.3, -0.25) is 4.79 Å². The Hall–Kier alpha value is -1.36. The van der Waals surface area contributed by atoms with Gasteiger partial charge < -0.3 is 14.7 Å². The number of aromatic nitrogens is 1. The fourth-order valence-corrected chi connectivity index (χ4v) is 2.33. The van der Waals surface area contributed by atoms with E-state index in [-0.39, 0.29) is 5.91 Å². The summed E-state index contributed by atoms with van der Waals surface area (Å²) < 4.78 is 4.96. The molecular weight excluding hydrogens is 230 g/mol. The van der Waals surface area contributed by atoms with Crippen molar-refractivity contribution in [3.05, 3.63) is 17.5 Å². The van der Waals surface area contributed by atoms with Crippen LogP contribution in [0.25, 0.3) is 0 Å². The van der Waals surface area contributed by atoms with Gasteiger partial charge in [-0.15, -0.1) is 0 Å². The summed E-state index contributed by atoms with van der Waals surface area (Å²) in [7, 11) is 0. The van der Waals surface area contributed by atoms with Crippen LogP contribution < -0.4 is 5.32 Å². The first kappa shape index (κ1) is 13.1. The molecule has 0 radical (unpaired) electrons. The van der Waals surface area contributed by atoms with Crippen LogP contribution in [0, 0.1) is 6.92 Å². The third-order valence-electron chi connectivity index (χ3n) is 3.37. The van der Waals surface area contributed by atoms with Gasteiger partial charge in [0.1, 0.15) is 5.76 Å². The lowest BCUT2D eigenvalue weighted by Gasteiger charge is -2.29. The zero-order chi connectivity index (χ0) is 13.0. The van der Waals surface area contributed by atoms with Crippen molar-refractivity contribution in [1.29, 1.82) is 0 Å². The van der Waals surface area contributed by atoms with Crippen LogP contribution in [-0.4, -0.2) is 41.6 Å². The Bertz CT molecular complexity index is 397. The van der Waals surface area contributed by atoms with E-state index < -0.39 is 0 Å². The highest BCUT2D eigenvalue weighted by Crippen LogP contribution is 2.11. The summed E-state index contributed by atoms with van der Waals surface area (Å²) in [6.07, 6.45) is 3.62. The minimum absolute atomic E-state index is 0.0401. The van der Waals surface area contributed by atoms with Crippen LogP contribution in [0.4, 0.5) is 0 Å². The Morgan fingerprint density at radius 3 is 3.00 bits per heavy atom. The van der Waals surface area contributed by atoms with Crippen molar-refractivity contribution in [3.8, 4) is 0 Å². The Morgan fingerprint density at radius 1 is 1.61 bits per heavy atom. The molecule has 0 spiro atoms. The highest BCUT2D eigenvalue weighted by molar-refractivity contribution is 5.92. The summed E-state index contributed by atoms with van der Waals surface area (Å²) in [5, 5.41) is 7.25. The second kappa shape index (κ2) is 6.00. The molecule has 1 amide bonds. The minimum atomic E-state index is -0.0401. The average molecular weight is 251 g/mol. The number of amides is 1. The first-order valence-electron chi connectivity index (χ1n) is 6.66. The van der Waals surface area contributed by atoms with Gasteiger partial charge in [0.25, 0.3) is 5.91 Å². The molecule has 1 aromatic heterocycles. The van der Waals surface area contributed by atoms with Crippen LogP contribution in [0.5, 0.6) is 0 Å². The Kier molecular flexibility index (Phi) is 4.36. The molecule has 0 saturated carbocycles. The highest BCUT2D eigenvalue weighted by atomic mass is 16.5. The van der Waals surface area contributed by atoms with Gasteiger partial charge in [-0.1, -0.05) is 11.6 Å². The molecule has 1 aliphatic heterocycles. The molecule has 0 aromatic carbocycles. The van der Waals surface area contributed by atoms with Crippen LogP contribution in [0.2, 0.25) is 0 Å². The molecule has 1 fully saturated rings. The molecule has 0 bridgehead atoms. The lowest BCUT2D eigenvalue weighted by atomic mass is 10.0. The van der Waals surface area contributed by atoms with Crippen molar-refractivity contribution in [2.45, 2.75) is 39.2 Å². The second-order valence-corrected chi connectivity index (χ2v) is 4.81. The molecule has 1 N–H and O–H groups in total. The summed E-state index contributed by atoms with van der Waals surface area (Å²) in [4.78, 5) is 14.1. The number of piperidine rings is 1. The van der Waals surface area contributed by atoms with Crippen LogP contribution in [0.1, 0.15) is 42.4 Å². The Balaban J connectivity index is 1.97. The fourth-order valence-electron chi connectivity index (χ4n) is 2.33. The number of nitrogens with one attached hydrogen (secondary N) is 1. The van der Waals surface area contributed by atoms with E-state index in [1.54, 1.807) is 13.0 Å². The Labute approximate surface area is 108 Å². The molecule has 1 aliphatic rings. The third kappa shape index (κ3) is 3.10. The van der Waals surface area contributed by atoms with Gasteiger partial charge >= 0.3 is 0 Å². The number of hydrogen-bond donors (Lipinski definition) is 1. The molecule has 1 saturated heterocycles. The molecule has 2 heterocycles. The van der Waals surface area contributed by atoms with Crippen molar-refractivity contribution < 1.29 is 9.32 Å². The molecule has 1 unspecified atom stereocenters. The molecule has 1 atom stereocenters. The number of nitrogens with zero attached hydrogens (tertiary/aromatic N) is 2. The van der Waals surface area contributed by atoms with Gasteiger partial charge in [0, 0.05) is 25.2 Å². The average Bonchev–Trinajstić information content (AvgIpc) is 2.83. The minimum Gasteiger partial charge on any atom is -0.361 e. The lowest BCUT2D eigenvalue weighted by molar-refractivity contribution is 0.0731. The van der Waals surface area contributed by atoms with Crippen molar-refractivity contribution in [2.75, 3.05) is 19.6 Å². The molecule has 1 aromatic rings. The lowest BCUT2D eigenvalue weighted by Crippen LogP contribution is -2.45. The summed E-state index contributed by atoms with van der Waals surface area (Å²) >= 11 is 0. The maximum Gasteiger partial charge on any atom is 0.276 e. The van der Waals surface area contributed by atoms with E-state index in [1.807, 2.05) is 11.8 Å². The monoisotopic (exact) mass is 251 g/mol. The van der Waals surface area contributed by atoms with Crippen LogP contribution in [-0.2, 0) is 0 Å². The molecule has 18 heavy (non-hydrogen) atoms.